The fraction of sp³-hybridized carbons (Fsp3) is 0.875. The summed E-state index contributed by atoms with van der Waals surface area (Å²) in [5.41, 5.74) is -1.26. The van der Waals surface area contributed by atoms with Crippen molar-refractivity contribution >= 4 is 10.2 Å². The Morgan fingerprint density at radius 1 is 0.950 bits per heavy atom. The maximum absolute atomic E-state index is 12.6. The Labute approximate surface area is 126 Å². The first-order chi connectivity index (χ1) is 9.42. The molecule has 0 aromatic heterocycles. The van der Waals surface area contributed by atoms with E-state index in [0.717, 1.165) is 31.4 Å². The molecule has 120 valence electrons. The monoisotopic (exact) mass is 306 g/mol. The molecule has 0 spiro atoms. The summed E-state index contributed by atoms with van der Waals surface area (Å²) in [4.78, 5) is 0. The van der Waals surface area contributed by atoms with Crippen molar-refractivity contribution in [3.63, 3.8) is 0 Å². The zero-order valence-electron chi connectivity index (χ0n) is 13.4. The molecule has 0 atom stereocenters. The number of hydrogen-bond donors (Lipinski definition) is 0. The molecule has 0 aliphatic carbocycles. The zero-order valence-corrected chi connectivity index (χ0v) is 15.4. The summed E-state index contributed by atoms with van der Waals surface area (Å²) in [5.74, 6) is 0. The first kappa shape index (κ1) is 19.8. The molecule has 0 amide bonds. The van der Waals surface area contributed by atoms with Gasteiger partial charge in [-0.05, 0) is 19.8 Å². The highest BCUT2D eigenvalue weighted by atomic mass is 28.1. The molecule has 0 fully saturated rings. The lowest BCUT2D eigenvalue weighted by Crippen LogP contribution is -2.14. The molecule has 0 aromatic carbocycles. The van der Waals surface area contributed by atoms with Gasteiger partial charge in [-0.15, -0.1) is 0 Å². The van der Waals surface area contributed by atoms with E-state index in [9.17, 15) is 8.78 Å². The molecule has 0 aliphatic heterocycles. The van der Waals surface area contributed by atoms with Crippen molar-refractivity contribution in [3.05, 3.63) is 12.2 Å². The quantitative estimate of drug-likeness (QED) is 0.262. The average molecular weight is 307 g/mol. The van der Waals surface area contributed by atoms with Crippen molar-refractivity contribution in [2.75, 3.05) is 13.2 Å². The molecular formula is C16H32F2OSi. The first-order valence-corrected chi connectivity index (χ1v) is 9.02. The number of hydrogen-bond acceptors (Lipinski definition) is 1. The molecule has 0 unspecified atom stereocenters. The Bertz CT molecular complexity index is 239. The molecular weight excluding hydrogens is 274 g/mol. The van der Waals surface area contributed by atoms with E-state index < -0.39 is 5.55 Å². The predicted octanol–water partition coefficient (Wildman–Crippen LogP) is 4.44. The SMILES string of the molecule is C=C(C)COCCCCCCCCCCCC(F)(F)[SiH3]. The van der Waals surface area contributed by atoms with Gasteiger partial charge in [-0.25, -0.2) is 8.78 Å². The van der Waals surface area contributed by atoms with Crippen molar-refractivity contribution in [1.82, 2.24) is 0 Å². The first-order valence-electron chi connectivity index (χ1n) is 8.02. The smallest absolute Gasteiger partial charge is 0.219 e. The van der Waals surface area contributed by atoms with Crippen LogP contribution < -0.4 is 0 Å². The molecule has 0 bridgehead atoms. The lowest BCUT2D eigenvalue weighted by Gasteiger charge is -2.09. The molecule has 4 heteroatoms. The minimum absolute atomic E-state index is 0.000469. The molecule has 0 N–H and O–H groups in total. The summed E-state index contributed by atoms with van der Waals surface area (Å²) >= 11 is 0. The molecule has 0 radical (unpaired) electrons. The molecule has 0 aliphatic rings. The third-order valence-corrected chi connectivity index (χ3v) is 3.75. The summed E-state index contributed by atoms with van der Waals surface area (Å²) in [7, 11) is -0.000469. The summed E-state index contributed by atoms with van der Waals surface area (Å²) in [5, 5.41) is 0. The van der Waals surface area contributed by atoms with Gasteiger partial charge in [0.1, 0.15) is 0 Å². The second-order valence-corrected chi connectivity index (χ2v) is 7.47. The van der Waals surface area contributed by atoms with Gasteiger partial charge in [0.15, 0.2) is 0 Å². The van der Waals surface area contributed by atoms with Gasteiger partial charge in [-0.1, -0.05) is 57.1 Å². The highest BCUT2D eigenvalue weighted by molar-refractivity contribution is 6.13. The van der Waals surface area contributed by atoms with Crippen molar-refractivity contribution in [1.29, 1.82) is 0 Å². The van der Waals surface area contributed by atoms with Gasteiger partial charge in [0.05, 0.1) is 16.8 Å². The summed E-state index contributed by atoms with van der Waals surface area (Å²) < 4.78 is 30.7. The van der Waals surface area contributed by atoms with Crippen molar-refractivity contribution in [2.45, 2.75) is 76.7 Å². The van der Waals surface area contributed by atoms with E-state index in [1.54, 1.807) is 0 Å². The minimum Gasteiger partial charge on any atom is -0.377 e. The van der Waals surface area contributed by atoms with Crippen molar-refractivity contribution in [3.8, 4) is 0 Å². The third-order valence-electron chi connectivity index (χ3n) is 3.25. The van der Waals surface area contributed by atoms with Gasteiger partial charge in [0, 0.05) is 13.0 Å². The Hall–Kier alpha value is -0.223. The number of halogens is 2. The van der Waals surface area contributed by atoms with Gasteiger partial charge in [-0.3, -0.25) is 0 Å². The van der Waals surface area contributed by atoms with E-state index in [0.29, 0.717) is 13.0 Å². The number of rotatable bonds is 14. The predicted molar refractivity (Wildman–Crippen MR) is 86.7 cm³/mol. The van der Waals surface area contributed by atoms with Crippen LogP contribution in [0.5, 0.6) is 0 Å². The fourth-order valence-corrected chi connectivity index (χ4v) is 2.48. The van der Waals surface area contributed by atoms with Crippen molar-refractivity contribution in [2.24, 2.45) is 0 Å². The highest BCUT2D eigenvalue weighted by Crippen LogP contribution is 2.18. The second kappa shape index (κ2) is 12.5. The molecule has 0 rings (SSSR count). The maximum Gasteiger partial charge on any atom is 0.219 e. The standard InChI is InChI=1S/C16H32F2OSi/c1-15(2)14-19-13-11-9-7-5-3-4-6-8-10-12-16(17,18)20/h1,3-14H2,2,20H3. The van der Waals surface area contributed by atoms with Gasteiger partial charge in [0.25, 0.3) is 0 Å². The lowest BCUT2D eigenvalue weighted by molar-refractivity contribution is 0.0819. The van der Waals surface area contributed by atoms with E-state index in [2.05, 4.69) is 6.58 Å². The minimum atomic E-state index is -2.34. The summed E-state index contributed by atoms with van der Waals surface area (Å²) in [6.07, 6.45) is 10.2. The molecule has 20 heavy (non-hydrogen) atoms. The third kappa shape index (κ3) is 17.8. The number of alkyl halides is 2. The van der Waals surface area contributed by atoms with E-state index in [4.69, 9.17) is 4.74 Å². The van der Waals surface area contributed by atoms with Gasteiger partial charge >= 0.3 is 0 Å². The largest absolute Gasteiger partial charge is 0.377 e. The van der Waals surface area contributed by atoms with Crippen LogP contribution in [0.15, 0.2) is 12.2 Å². The second-order valence-electron chi connectivity index (χ2n) is 6.01. The Morgan fingerprint density at radius 2 is 1.40 bits per heavy atom. The van der Waals surface area contributed by atoms with E-state index in [1.807, 2.05) is 6.92 Å². The fourth-order valence-electron chi connectivity index (χ4n) is 2.12. The number of unbranched alkanes of at least 4 members (excludes halogenated alkanes) is 8. The van der Waals surface area contributed by atoms with Gasteiger partial charge in [0.2, 0.25) is 5.55 Å². The molecule has 1 nitrogen and oxygen atoms in total. The van der Waals surface area contributed by atoms with Crippen LogP contribution in [0, 0.1) is 0 Å². The van der Waals surface area contributed by atoms with Crippen LogP contribution in [0.25, 0.3) is 0 Å². The van der Waals surface area contributed by atoms with Gasteiger partial charge in [-0.2, -0.15) is 0 Å². The topological polar surface area (TPSA) is 9.23 Å². The molecule has 0 saturated heterocycles. The summed E-state index contributed by atoms with van der Waals surface area (Å²) in [6.45, 7) is 7.28. The van der Waals surface area contributed by atoms with Crippen LogP contribution in [-0.4, -0.2) is 29.0 Å². The molecule has 0 heterocycles. The van der Waals surface area contributed by atoms with Gasteiger partial charge < -0.3 is 4.74 Å². The normalized spacial score (nSPS) is 11.9. The molecule has 0 saturated carbocycles. The van der Waals surface area contributed by atoms with Crippen LogP contribution in [0.1, 0.15) is 71.1 Å². The van der Waals surface area contributed by atoms with Crippen molar-refractivity contribution < 1.29 is 13.5 Å². The average Bonchev–Trinajstić information content (AvgIpc) is 2.33. The summed E-state index contributed by atoms with van der Waals surface area (Å²) in [6, 6.07) is 0. The number of ether oxygens (including phenoxy) is 1. The van der Waals surface area contributed by atoms with E-state index in [1.165, 1.54) is 32.1 Å². The Kier molecular flexibility index (Phi) is 12.4. The van der Waals surface area contributed by atoms with Crippen LogP contribution in [-0.2, 0) is 4.74 Å². The maximum atomic E-state index is 12.6. The van der Waals surface area contributed by atoms with Crippen LogP contribution in [0.2, 0.25) is 0 Å². The highest BCUT2D eigenvalue weighted by Gasteiger charge is 2.18. The Morgan fingerprint density at radius 3 is 1.85 bits per heavy atom. The van der Waals surface area contributed by atoms with E-state index >= 15 is 0 Å². The Balaban J connectivity index is 3.05. The van der Waals surface area contributed by atoms with E-state index in [-0.39, 0.29) is 16.7 Å². The molecule has 0 aromatic rings. The van der Waals surface area contributed by atoms with Crippen LogP contribution in [0.3, 0.4) is 0 Å². The van der Waals surface area contributed by atoms with Crippen LogP contribution >= 0.6 is 0 Å². The zero-order chi connectivity index (χ0) is 15.3. The van der Waals surface area contributed by atoms with Crippen LogP contribution in [0.4, 0.5) is 8.78 Å². The lowest BCUT2D eigenvalue weighted by atomic mass is 10.1.